The molecule has 100 valence electrons. The van der Waals surface area contributed by atoms with Crippen LogP contribution in [0.4, 0.5) is 0 Å². The van der Waals surface area contributed by atoms with Crippen molar-refractivity contribution in [3.8, 4) is 0 Å². The fraction of sp³-hybridized carbons (Fsp3) is 0.643. The van der Waals surface area contributed by atoms with Gasteiger partial charge in [0.2, 0.25) is 0 Å². The first-order valence-electron chi connectivity index (χ1n) is 6.39. The third-order valence-electron chi connectivity index (χ3n) is 3.61. The lowest BCUT2D eigenvalue weighted by Crippen LogP contribution is -2.26. The Morgan fingerprint density at radius 1 is 1.61 bits per heavy atom. The van der Waals surface area contributed by atoms with Crippen molar-refractivity contribution in [2.45, 2.75) is 45.7 Å². The predicted octanol–water partition coefficient (Wildman–Crippen LogP) is 2.73. The molecular formula is C14H21NO3. The van der Waals surface area contributed by atoms with E-state index >= 15 is 0 Å². The van der Waals surface area contributed by atoms with E-state index in [4.69, 9.17) is 4.42 Å². The summed E-state index contributed by atoms with van der Waals surface area (Å²) < 4.78 is 9.97. The van der Waals surface area contributed by atoms with E-state index in [2.05, 4.69) is 23.9 Å². The minimum atomic E-state index is -0.355. The second-order valence-corrected chi connectivity index (χ2v) is 5.78. The summed E-state index contributed by atoms with van der Waals surface area (Å²) in [5.41, 5.74) is 0.916. The van der Waals surface area contributed by atoms with Crippen LogP contribution in [0.1, 0.15) is 49.2 Å². The summed E-state index contributed by atoms with van der Waals surface area (Å²) in [4.78, 5) is 11.3. The van der Waals surface area contributed by atoms with E-state index in [1.165, 1.54) is 32.6 Å². The molecule has 0 amide bonds. The third kappa shape index (κ3) is 3.13. The number of methoxy groups -OCH3 is 1. The molecule has 1 aromatic heterocycles. The highest BCUT2D eigenvalue weighted by Crippen LogP contribution is 2.36. The van der Waals surface area contributed by atoms with E-state index in [1.54, 1.807) is 6.07 Å². The van der Waals surface area contributed by atoms with Crippen LogP contribution in [0.2, 0.25) is 0 Å². The van der Waals surface area contributed by atoms with Gasteiger partial charge < -0.3 is 14.5 Å². The van der Waals surface area contributed by atoms with Crippen LogP contribution in [0.25, 0.3) is 0 Å². The highest BCUT2D eigenvalue weighted by atomic mass is 16.5. The Kier molecular flexibility index (Phi) is 3.76. The van der Waals surface area contributed by atoms with Crippen LogP contribution >= 0.6 is 0 Å². The molecule has 1 fully saturated rings. The lowest BCUT2D eigenvalue weighted by atomic mass is 9.92. The zero-order chi connectivity index (χ0) is 13.2. The number of hydrogen-bond acceptors (Lipinski definition) is 4. The summed E-state index contributed by atoms with van der Waals surface area (Å²) in [7, 11) is 1.37. The number of furan rings is 1. The quantitative estimate of drug-likeness (QED) is 0.836. The molecule has 1 N–H and O–H groups in total. The Morgan fingerprint density at radius 2 is 2.39 bits per heavy atom. The molecule has 0 saturated heterocycles. The number of nitrogens with one attached hydrogen (secondary N) is 1. The third-order valence-corrected chi connectivity index (χ3v) is 3.61. The first-order chi connectivity index (χ1) is 8.50. The van der Waals surface area contributed by atoms with Crippen LogP contribution in [0, 0.1) is 5.41 Å². The van der Waals surface area contributed by atoms with Gasteiger partial charge in [0.25, 0.3) is 0 Å². The molecule has 0 aromatic carbocycles. The van der Waals surface area contributed by atoms with Crippen LogP contribution < -0.4 is 5.32 Å². The molecule has 4 heteroatoms. The summed E-state index contributed by atoms with van der Waals surface area (Å²) in [6, 6.07) is 2.28. The van der Waals surface area contributed by atoms with Crippen LogP contribution in [-0.2, 0) is 11.3 Å². The second-order valence-electron chi connectivity index (χ2n) is 5.78. The number of carbonyl (C=O) groups is 1. The minimum Gasteiger partial charge on any atom is -0.467 e. The van der Waals surface area contributed by atoms with Gasteiger partial charge in [-0.2, -0.15) is 0 Å². The van der Waals surface area contributed by atoms with Gasteiger partial charge in [-0.1, -0.05) is 13.8 Å². The van der Waals surface area contributed by atoms with Crippen molar-refractivity contribution in [3.05, 3.63) is 23.7 Å². The topological polar surface area (TPSA) is 51.5 Å². The number of carbonyl (C=O) groups excluding carboxylic acids is 1. The van der Waals surface area contributed by atoms with Crippen molar-refractivity contribution in [2.24, 2.45) is 5.41 Å². The number of ether oxygens (including phenoxy) is 1. The van der Waals surface area contributed by atoms with Crippen LogP contribution in [0.15, 0.2) is 16.7 Å². The fourth-order valence-electron chi connectivity index (χ4n) is 2.55. The van der Waals surface area contributed by atoms with Crippen molar-refractivity contribution in [2.75, 3.05) is 7.11 Å². The van der Waals surface area contributed by atoms with Crippen molar-refractivity contribution in [3.63, 3.8) is 0 Å². The monoisotopic (exact) mass is 251 g/mol. The maximum Gasteiger partial charge on any atom is 0.341 e. The van der Waals surface area contributed by atoms with Crippen molar-refractivity contribution in [1.29, 1.82) is 0 Å². The number of hydrogen-bond donors (Lipinski definition) is 1. The lowest BCUT2D eigenvalue weighted by Gasteiger charge is -2.17. The van der Waals surface area contributed by atoms with E-state index in [1.807, 2.05) is 0 Å². The lowest BCUT2D eigenvalue weighted by molar-refractivity contribution is 0.0600. The molecule has 1 aromatic rings. The van der Waals surface area contributed by atoms with Crippen molar-refractivity contribution < 1.29 is 13.9 Å². The Morgan fingerprint density at radius 3 is 3.00 bits per heavy atom. The van der Waals surface area contributed by atoms with Crippen LogP contribution in [0.3, 0.4) is 0 Å². The fourth-order valence-corrected chi connectivity index (χ4v) is 2.55. The van der Waals surface area contributed by atoms with Crippen LogP contribution in [-0.4, -0.2) is 19.1 Å². The minimum absolute atomic E-state index is 0.355. The van der Waals surface area contributed by atoms with Gasteiger partial charge in [-0.3, -0.25) is 0 Å². The molecule has 18 heavy (non-hydrogen) atoms. The largest absolute Gasteiger partial charge is 0.467 e. The Balaban J connectivity index is 1.84. The normalized spacial score (nSPS) is 22.1. The Labute approximate surface area is 108 Å². The highest BCUT2D eigenvalue weighted by Gasteiger charge is 2.30. The summed E-state index contributed by atoms with van der Waals surface area (Å²) in [6.45, 7) is 5.27. The number of esters is 1. The summed E-state index contributed by atoms with van der Waals surface area (Å²) >= 11 is 0. The average Bonchev–Trinajstić information content (AvgIpc) is 2.92. The molecule has 2 rings (SSSR count). The molecule has 0 aliphatic heterocycles. The van der Waals surface area contributed by atoms with E-state index in [0.29, 0.717) is 23.6 Å². The first-order valence-corrected chi connectivity index (χ1v) is 6.39. The molecule has 1 unspecified atom stereocenters. The highest BCUT2D eigenvalue weighted by molar-refractivity contribution is 5.88. The molecule has 0 bridgehead atoms. The summed E-state index contributed by atoms with van der Waals surface area (Å²) in [6.07, 6.45) is 5.10. The Hall–Kier alpha value is -1.29. The Bertz CT molecular complexity index is 422. The average molecular weight is 251 g/mol. The molecule has 1 saturated carbocycles. The van der Waals surface area contributed by atoms with Gasteiger partial charge >= 0.3 is 5.97 Å². The molecule has 0 spiro atoms. The maximum atomic E-state index is 11.3. The second kappa shape index (κ2) is 5.14. The standard InChI is InChI=1S/C14H21NO3/c1-14(2)5-4-11(7-14)15-8-12-6-10(9-18-12)13(16)17-3/h6,9,11,15H,4-5,7-8H2,1-3H3. The maximum absolute atomic E-state index is 11.3. The summed E-state index contributed by atoms with van der Waals surface area (Å²) in [5, 5.41) is 3.48. The number of rotatable bonds is 4. The summed E-state index contributed by atoms with van der Waals surface area (Å²) in [5.74, 6) is 0.423. The zero-order valence-corrected chi connectivity index (χ0v) is 11.3. The molecule has 1 atom stereocenters. The molecule has 1 aliphatic rings. The first kappa shape index (κ1) is 13.1. The van der Waals surface area contributed by atoms with Crippen LogP contribution in [0.5, 0.6) is 0 Å². The zero-order valence-electron chi connectivity index (χ0n) is 11.3. The van der Waals surface area contributed by atoms with E-state index in [0.717, 1.165) is 5.76 Å². The van der Waals surface area contributed by atoms with Gasteiger partial charge in [0.05, 0.1) is 19.2 Å². The van der Waals surface area contributed by atoms with Crippen molar-refractivity contribution >= 4 is 5.97 Å². The van der Waals surface area contributed by atoms with E-state index in [-0.39, 0.29) is 5.97 Å². The smallest absolute Gasteiger partial charge is 0.341 e. The molecule has 1 heterocycles. The van der Waals surface area contributed by atoms with Gasteiger partial charge in [0, 0.05) is 6.04 Å². The van der Waals surface area contributed by atoms with E-state index < -0.39 is 0 Å². The molecule has 4 nitrogen and oxygen atoms in total. The van der Waals surface area contributed by atoms with Gasteiger partial charge in [-0.05, 0) is 30.7 Å². The molecule has 0 radical (unpaired) electrons. The predicted molar refractivity (Wildman–Crippen MR) is 68.3 cm³/mol. The molecular weight excluding hydrogens is 230 g/mol. The van der Waals surface area contributed by atoms with E-state index in [9.17, 15) is 4.79 Å². The van der Waals surface area contributed by atoms with Crippen molar-refractivity contribution in [1.82, 2.24) is 5.32 Å². The SMILES string of the molecule is COC(=O)c1coc(CNC2CCC(C)(C)C2)c1. The van der Waals surface area contributed by atoms with Gasteiger partial charge in [0.1, 0.15) is 12.0 Å². The van der Waals surface area contributed by atoms with Gasteiger partial charge in [-0.25, -0.2) is 4.79 Å². The van der Waals surface area contributed by atoms with Gasteiger partial charge in [-0.15, -0.1) is 0 Å². The molecule has 1 aliphatic carbocycles. The van der Waals surface area contributed by atoms with Gasteiger partial charge in [0.15, 0.2) is 0 Å².